The number of carboxylic acids is 1. The molecule has 3 aliphatic rings. The highest BCUT2D eigenvalue weighted by molar-refractivity contribution is 5.90. The van der Waals surface area contributed by atoms with Crippen LogP contribution in [0, 0.1) is 6.92 Å². The third kappa shape index (κ3) is 5.78. The summed E-state index contributed by atoms with van der Waals surface area (Å²) in [4.78, 5) is 19.1. The number of pyridine rings is 1. The van der Waals surface area contributed by atoms with Crippen LogP contribution < -0.4 is 4.74 Å². The standard InChI is InChI=1S/C34H40N4O4/c1-4-42-33-30(34(39)40)18-35-38(33)32-10-6-9-27(36-32)17-25-8-5-7-22(2)29(25)12-11-24-15-23(3)31-19-37(28-20-41-21-28)14-13-26(31)16-24/h6,8-10,15-16,18,28H,4-5,7,11-14,17,19-21H2,1-3H3,(H,39,40). The molecule has 2 aliphatic heterocycles. The van der Waals surface area contributed by atoms with Gasteiger partial charge in [-0.2, -0.15) is 9.78 Å². The van der Waals surface area contributed by atoms with Gasteiger partial charge < -0.3 is 14.6 Å². The topological polar surface area (TPSA) is 89.7 Å². The molecule has 6 rings (SSSR count). The molecule has 1 aromatic carbocycles. The minimum atomic E-state index is -1.07. The highest BCUT2D eigenvalue weighted by atomic mass is 16.5. The predicted octanol–water partition coefficient (Wildman–Crippen LogP) is 5.64. The molecule has 0 saturated carbocycles. The Bertz CT molecular complexity index is 1550. The second kappa shape index (κ2) is 12.2. The molecule has 220 valence electrons. The second-order valence-corrected chi connectivity index (χ2v) is 11.7. The molecule has 0 amide bonds. The number of nitrogens with zero attached hydrogens (tertiary/aromatic N) is 4. The van der Waals surface area contributed by atoms with Crippen LogP contribution in [-0.4, -0.2) is 63.1 Å². The molecular weight excluding hydrogens is 528 g/mol. The summed E-state index contributed by atoms with van der Waals surface area (Å²) >= 11 is 0. The minimum Gasteiger partial charge on any atom is -0.477 e. The van der Waals surface area contributed by atoms with Crippen molar-refractivity contribution in [3.8, 4) is 11.7 Å². The molecule has 0 unspecified atom stereocenters. The maximum absolute atomic E-state index is 11.7. The van der Waals surface area contributed by atoms with E-state index in [4.69, 9.17) is 14.5 Å². The molecule has 0 spiro atoms. The van der Waals surface area contributed by atoms with Gasteiger partial charge in [0.05, 0.1) is 32.1 Å². The van der Waals surface area contributed by atoms with Crippen LogP contribution in [-0.2, 0) is 30.5 Å². The van der Waals surface area contributed by atoms with E-state index in [1.165, 1.54) is 49.9 Å². The number of hydrogen-bond donors (Lipinski definition) is 1. The summed E-state index contributed by atoms with van der Waals surface area (Å²) in [5.41, 5.74) is 11.1. The van der Waals surface area contributed by atoms with Crippen LogP contribution in [0.1, 0.15) is 71.4 Å². The fourth-order valence-electron chi connectivity index (χ4n) is 6.49. The molecule has 42 heavy (non-hydrogen) atoms. The van der Waals surface area contributed by atoms with Crippen molar-refractivity contribution in [1.82, 2.24) is 19.7 Å². The van der Waals surface area contributed by atoms with E-state index in [2.05, 4.69) is 42.1 Å². The van der Waals surface area contributed by atoms with Crippen LogP contribution in [0.4, 0.5) is 0 Å². The van der Waals surface area contributed by atoms with E-state index in [1.807, 2.05) is 25.1 Å². The first-order valence-corrected chi connectivity index (χ1v) is 15.1. The van der Waals surface area contributed by atoms with Crippen molar-refractivity contribution in [3.05, 3.63) is 92.8 Å². The lowest BCUT2D eigenvalue weighted by molar-refractivity contribution is -0.0695. The van der Waals surface area contributed by atoms with Gasteiger partial charge in [0.2, 0.25) is 5.88 Å². The van der Waals surface area contributed by atoms with E-state index in [9.17, 15) is 9.90 Å². The molecule has 4 heterocycles. The molecule has 1 N–H and O–H groups in total. The smallest absolute Gasteiger partial charge is 0.342 e. The van der Waals surface area contributed by atoms with E-state index in [0.717, 1.165) is 70.5 Å². The molecule has 8 heteroatoms. The SMILES string of the molecule is CCOc1c(C(=O)O)cnn1-c1cccc(CC2=CCCC(C)=C2CCc2cc(C)c3c(c2)CCN(C2COC2)C3)n1. The van der Waals surface area contributed by atoms with Gasteiger partial charge in [-0.1, -0.05) is 29.8 Å². The van der Waals surface area contributed by atoms with Crippen molar-refractivity contribution in [2.75, 3.05) is 26.4 Å². The lowest BCUT2D eigenvalue weighted by atomic mass is 9.84. The molecule has 1 fully saturated rings. The Morgan fingerprint density at radius 2 is 2.02 bits per heavy atom. The van der Waals surface area contributed by atoms with Crippen molar-refractivity contribution in [1.29, 1.82) is 0 Å². The molecule has 0 radical (unpaired) electrons. The van der Waals surface area contributed by atoms with Gasteiger partial charge in [-0.3, -0.25) is 4.90 Å². The van der Waals surface area contributed by atoms with Crippen molar-refractivity contribution >= 4 is 5.97 Å². The fraction of sp³-hybridized carbons (Fsp3) is 0.441. The largest absolute Gasteiger partial charge is 0.477 e. The number of aryl methyl sites for hydroxylation is 2. The third-order valence-corrected chi connectivity index (χ3v) is 8.89. The van der Waals surface area contributed by atoms with Gasteiger partial charge in [-0.05, 0) is 98.4 Å². The summed E-state index contributed by atoms with van der Waals surface area (Å²) in [5.74, 6) is -0.318. The molecular formula is C34H40N4O4. The maximum Gasteiger partial charge on any atom is 0.342 e. The summed E-state index contributed by atoms with van der Waals surface area (Å²) < 4.78 is 12.6. The minimum absolute atomic E-state index is 0.0302. The summed E-state index contributed by atoms with van der Waals surface area (Å²) in [6, 6.07) is 11.3. The molecule has 2 aromatic heterocycles. The van der Waals surface area contributed by atoms with Crippen molar-refractivity contribution in [2.24, 2.45) is 0 Å². The average Bonchev–Trinajstić information content (AvgIpc) is 3.37. The zero-order valence-electron chi connectivity index (χ0n) is 24.9. The Morgan fingerprint density at radius 1 is 1.17 bits per heavy atom. The van der Waals surface area contributed by atoms with Crippen molar-refractivity contribution < 1.29 is 19.4 Å². The summed E-state index contributed by atoms with van der Waals surface area (Å²) in [6.07, 6.45) is 9.70. The summed E-state index contributed by atoms with van der Waals surface area (Å²) in [5, 5.41) is 13.8. The van der Waals surface area contributed by atoms with Gasteiger partial charge in [-0.25, -0.2) is 9.78 Å². The first kappa shape index (κ1) is 28.4. The van der Waals surface area contributed by atoms with E-state index in [-0.39, 0.29) is 11.4 Å². The number of hydrogen-bond acceptors (Lipinski definition) is 6. The average molecular weight is 569 g/mol. The number of allylic oxidation sites excluding steroid dienone is 4. The number of fused-ring (bicyclic) bond motifs is 1. The Kier molecular flexibility index (Phi) is 8.27. The number of ether oxygens (including phenoxy) is 2. The monoisotopic (exact) mass is 568 g/mol. The Labute approximate surface area is 247 Å². The van der Waals surface area contributed by atoms with Crippen LogP contribution in [0.2, 0.25) is 0 Å². The maximum atomic E-state index is 11.7. The van der Waals surface area contributed by atoms with Crippen LogP contribution in [0.25, 0.3) is 5.82 Å². The number of aromatic nitrogens is 3. The zero-order valence-corrected chi connectivity index (χ0v) is 24.9. The highest BCUT2D eigenvalue weighted by Gasteiger charge is 2.29. The van der Waals surface area contributed by atoms with E-state index >= 15 is 0 Å². The summed E-state index contributed by atoms with van der Waals surface area (Å²) in [6.45, 7) is 10.6. The van der Waals surface area contributed by atoms with Crippen molar-refractivity contribution in [2.45, 2.75) is 71.9 Å². The second-order valence-electron chi connectivity index (χ2n) is 11.7. The Morgan fingerprint density at radius 3 is 2.79 bits per heavy atom. The van der Waals surface area contributed by atoms with Crippen LogP contribution in [0.3, 0.4) is 0 Å². The number of aromatic carboxylic acids is 1. The van der Waals surface area contributed by atoms with Gasteiger partial charge in [0, 0.05) is 25.2 Å². The van der Waals surface area contributed by atoms with Gasteiger partial charge in [-0.15, -0.1) is 0 Å². The van der Waals surface area contributed by atoms with Gasteiger partial charge in [0.15, 0.2) is 5.82 Å². The van der Waals surface area contributed by atoms with Gasteiger partial charge in [0.1, 0.15) is 5.56 Å². The van der Waals surface area contributed by atoms with E-state index in [0.29, 0.717) is 18.5 Å². The van der Waals surface area contributed by atoms with Crippen LogP contribution >= 0.6 is 0 Å². The Hall–Kier alpha value is -3.75. The quantitative estimate of drug-likeness (QED) is 0.339. The molecule has 1 aliphatic carbocycles. The van der Waals surface area contributed by atoms with Crippen molar-refractivity contribution in [3.63, 3.8) is 0 Å². The lowest BCUT2D eigenvalue weighted by Gasteiger charge is -2.40. The van der Waals surface area contributed by atoms with E-state index in [1.54, 1.807) is 0 Å². The fourth-order valence-corrected chi connectivity index (χ4v) is 6.49. The molecule has 0 bridgehead atoms. The summed E-state index contributed by atoms with van der Waals surface area (Å²) in [7, 11) is 0. The van der Waals surface area contributed by atoms with E-state index < -0.39 is 5.97 Å². The highest BCUT2D eigenvalue weighted by Crippen LogP contribution is 2.33. The number of benzene rings is 1. The van der Waals surface area contributed by atoms with Gasteiger partial charge in [0.25, 0.3) is 0 Å². The number of rotatable bonds is 10. The van der Waals surface area contributed by atoms with Crippen LogP contribution in [0.5, 0.6) is 5.88 Å². The Balaban J connectivity index is 1.17. The predicted molar refractivity (Wildman–Crippen MR) is 161 cm³/mol. The number of carboxylic acid groups (broad SMARTS) is 1. The third-order valence-electron chi connectivity index (χ3n) is 8.89. The zero-order chi connectivity index (χ0) is 29.2. The first-order valence-electron chi connectivity index (χ1n) is 15.1. The first-order chi connectivity index (χ1) is 20.4. The van der Waals surface area contributed by atoms with Gasteiger partial charge >= 0.3 is 5.97 Å². The lowest BCUT2D eigenvalue weighted by Crippen LogP contribution is -2.50. The molecule has 1 saturated heterocycles. The molecule has 3 aromatic rings. The van der Waals surface area contributed by atoms with Crippen LogP contribution in [0.15, 0.2) is 59.3 Å². The molecule has 0 atom stereocenters. The normalized spacial score (nSPS) is 17.5. The molecule has 8 nitrogen and oxygen atoms in total. The number of carbonyl (C=O) groups is 1.